The van der Waals surface area contributed by atoms with Crippen LogP contribution in [0.15, 0.2) is 42.5 Å². The number of para-hydroxylation sites is 3. The Hall–Kier alpha value is -3.22. The summed E-state index contributed by atoms with van der Waals surface area (Å²) in [5.74, 6) is 0.311. The minimum absolute atomic E-state index is 0.0274. The molecule has 1 amide bonds. The van der Waals surface area contributed by atoms with Crippen molar-refractivity contribution in [2.24, 2.45) is 0 Å². The number of amides is 1. The van der Waals surface area contributed by atoms with Gasteiger partial charge in [-0.25, -0.2) is 4.79 Å². The molecule has 1 aliphatic heterocycles. The summed E-state index contributed by atoms with van der Waals surface area (Å²) in [5, 5.41) is 9.30. The number of carbonyl (C=O) groups is 2. The molecule has 0 spiro atoms. The number of carbonyl (C=O) groups excluding carboxylic acids is 1. The number of hydrogen-bond donors (Lipinski definition) is 1. The minimum Gasteiger partial charge on any atom is -0.493 e. The maximum Gasteiger partial charge on any atom is 0.346 e. The van der Waals surface area contributed by atoms with Crippen LogP contribution in [0.25, 0.3) is 0 Å². The van der Waals surface area contributed by atoms with E-state index in [0.29, 0.717) is 29.4 Å². The van der Waals surface area contributed by atoms with Gasteiger partial charge in [-0.3, -0.25) is 4.79 Å². The Morgan fingerprint density at radius 3 is 2.63 bits per heavy atom. The highest BCUT2D eigenvalue weighted by atomic mass is 16.5. The summed E-state index contributed by atoms with van der Waals surface area (Å²) in [7, 11) is 3.11. The van der Waals surface area contributed by atoms with Crippen molar-refractivity contribution in [1.82, 2.24) is 0 Å². The highest BCUT2D eigenvalue weighted by Crippen LogP contribution is 2.35. The van der Waals surface area contributed by atoms with E-state index in [-0.39, 0.29) is 18.9 Å². The smallest absolute Gasteiger partial charge is 0.346 e. The van der Waals surface area contributed by atoms with Gasteiger partial charge in [-0.2, -0.15) is 0 Å². The molecule has 27 heavy (non-hydrogen) atoms. The standard InChI is InChI=1S/C20H21NO6/c1-25-16-9-5-6-13(19(16)26-2)10-11-18(22)21-12-17(20(23)24)27-15-8-4-3-7-14(15)21/h3-9,17H,10-12H2,1-2H3,(H,23,24)/t17-/m0/s1. The highest BCUT2D eigenvalue weighted by molar-refractivity contribution is 5.96. The average molecular weight is 371 g/mol. The molecule has 1 heterocycles. The monoisotopic (exact) mass is 371 g/mol. The SMILES string of the molecule is COc1cccc(CCC(=O)N2C[C@@H](C(=O)O)Oc3ccccc32)c1OC. The van der Waals surface area contributed by atoms with Gasteiger partial charge in [0.25, 0.3) is 0 Å². The molecule has 0 aliphatic carbocycles. The van der Waals surface area contributed by atoms with E-state index in [2.05, 4.69) is 0 Å². The zero-order valence-corrected chi connectivity index (χ0v) is 15.2. The van der Waals surface area contributed by atoms with Crippen molar-refractivity contribution in [1.29, 1.82) is 0 Å². The van der Waals surface area contributed by atoms with Crippen LogP contribution in [-0.2, 0) is 16.0 Å². The molecular weight excluding hydrogens is 350 g/mol. The minimum atomic E-state index is -1.10. The first-order valence-corrected chi connectivity index (χ1v) is 8.54. The average Bonchev–Trinajstić information content (AvgIpc) is 2.70. The van der Waals surface area contributed by atoms with E-state index >= 15 is 0 Å². The molecule has 142 valence electrons. The number of carboxylic acids is 1. The molecule has 2 aromatic carbocycles. The van der Waals surface area contributed by atoms with Gasteiger partial charge in [0.15, 0.2) is 11.5 Å². The van der Waals surface area contributed by atoms with Crippen LogP contribution in [0.1, 0.15) is 12.0 Å². The zero-order chi connectivity index (χ0) is 19.4. The van der Waals surface area contributed by atoms with Gasteiger partial charge in [0.1, 0.15) is 5.75 Å². The number of ether oxygens (including phenoxy) is 3. The van der Waals surface area contributed by atoms with Gasteiger partial charge in [0.05, 0.1) is 26.5 Å². The van der Waals surface area contributed by atoms with Crippen LogP contribution in [0.4, 0.5) is 5.69 Å². The summed E-state index contributed by atoms with van der Waals surface area (Å²) in [6, 6.07) is 12.4. The predicted molar refractivity (Wildman–Crippen MR) is 98.7 cm³/mol. The first-order valence-electron chi connectivity index (χ1n) is 8.54. The van der Waals surface area contributed by atoms with E-state index in [4.69, 9.17) is 14.2 Å². The maximum atomic E-state index is 12.9. The number of methoxy groups -OCH3 is 2. The number of aryl methyl sites for hydroxylation is 1. The maximum absolute atomic E-state index is 12.9. The largest absolute Gasteiger partial charge is 0.493 e. The number of carboxylic acid groups (broad SMARTS) is 1. The molecule has 1 aliphatic rings. The Morgan fingerprint density at radius 2 is 1.93 bits per heavy atom. The van der Waals surface area contributed by atoms with Gasteiger partial charge < -0.3 is 24.2 Å². The van der Waals surface area contributed by atoms with Gasteiger partial charge in [-0.15, -0.1) is 0 Å². The molecule has 0 saturated carbocycles. The third kappa shape index (κ3) is 3.81. The van der Waals surface area contributed by atoms with Gasteiger partial charge in [0.2, 0.25) is 12.0 Å². The van der Waals surface area contributed by atoms with Gasteiger partial charge in [-0.05, 0) is 30.2 Å². The van der Waals surface area contributed by atoms with Crippen molar-refractivity contribution >= 4 is 17.6 Å². The highest BCUT2D eigenvalue weighted by Gasteiger charge is 2.33. The lowest BCUT2D eigenvalue weighted by Gasteiger charge is -2.33. The lowest BCUT2D eigenvalue weighted by Crippen LogP contribution is -2.47. The second kappa shape index (κ2) is 7.99. The van der Waals surface area contributed by atoms with Crippen molar-refractivity contribution in [2.75, 3.05) is 25.7 Å². The molecule has 1 N–H and O–H groups in total. The molecule has 0 radical (unpaired) electrons. The molecule has 0 aromatic heterocycles. The Bertz CT molecular complexity index is 850. The summed E-state index contributed by atoms with van der Waals surface area (Å²) in [4.78, 5) is 25.7. The number of fused-ring (bicyclic) bond motifs is 1. The molecule has 2 aromatic rings. The Kier molecular flexibility index (Phi) is 5.49. The van der Waals surface area contributed by atoms with Gasteiger partial charge >= 0.3 is 5.97 Å². The van der Waals surface area contributed by atoms with Crippen molar-refractivity contribution < 1.29 is 28.9 Å². The van der Waals surface area contributed by atoms with Crippen molar-refractivity contribution in [3.63, 3.8) is 0 Å². The molecule has 3 rings (SSSR count). The van der Waals surface area contributed by atoms with Crippen LogP contribution in [0.2, 0.25) is 0 Å². The molecule has 0 saturated heterocycles. The van der Waals surface area contributed by atoms with Crippen LogP contribution < -0.4 is 19.1 Å². The lowest BCUT2D eigenvalue weighted by molar-refractivity contribution is -0.145. The number of benzene rings is 2. The first-order chi connectivity index (χ1) is 13.0. The first kappa shape index (κ1) is 18.6. The molecule has 0 bridgehead atoms. The van der Waals surface area contributed by atoms with Crippen LogP contribution in [0.5, 0.6) is 17.2 Å². The van der Waals surface area contributed by atoms with E-state index in [1.54, 1.807) is 44.6 Å². The zero-order valence-electron chi connectivity index (χ0n) is 15.2. The fraction of sp³-hybridized carbons (Fsp3) is 0.300. The van der Waals surface area contributed by atoms with Crippen LogP contribution in [0, 0.1) is 0 Å². The molecular formula is C20H21NO6. The number of nitrogens with zero attached hydrogens (tertiary/aromatic N) is 1. The van der Waals surface area contributed by atoms with E-state index in [1.165, 1.54) is 4.90 Å². The summed E-state index contributed by atoms with van der Waals surface area (Å²) in [6.07, 6.45) is -0.448. The van der Waals surface area contributed by atoms with Crippen molar-refractivity contribution in [2.45, 2.75) is 18.9 Å². The van der Waals surface area contributed by atoms with E-state index in [0.717, 1.165) is 5.56 Å². The quantitative estimate of drug-likeness (QED) is 0.840. The molecule has 7 nitrogen and oxygen atoms in total. The fourth-order valence-electron chi connectivity index (χ4n) is 3.13. The predicted octanol–water partition coefficient (Wildman–Crippen LogP) is 2.52. The van der Waals surface area contributed by atoms with Crippen LogP contribution >= 0.6 is 0 Å². The van der Waals surface area contributed by atoms with E-state index in [1.807, 2.05) is 12.1 Å². The number of rotatable bonds is 6. The Labute approximate surface area is 157 Å². The lowest BCUT2D eigenvalue weighted by atomic mass is 10.1. The third-order valence-corrected chi connectivity index (χ3v) is 4.44. The fourth-order valence-corrected chi connectivity index (χ4v) is 3.13. The Balaban J connectivity index is 1.79. The van der Waals surface area contributed by atoms with Gasteiger partial charge in [-0.1, -0.05) is 24.3 Å². The molecule has 1 atom stereocenters. The molecule has 0 fully saturated rings. The van der Waals surface area contributed by atoms with Gasteiger partial charge in [0, 0.05) is 6.42 Å². The number of anilines is 1. The Morgan fingerprint density at radius 1 is 1.15 bits per heavy atom. The molecule has 7 heteroatoms. The summed E-state index contributed by atoms with van der Waals surface area (Å²) in [5.41, 5.74) is 1.43. The second-order valence-corrected chi connectivity index (χ2v) is 6.07. The van der Waals surface area contributed by atoms with Crippen LogP contribution in [0.3, 0.4) is 0 Å². The summed E-state index contributed by atoms with van der Waals surface area (Å²) < 4.78 is 16.2. The third-order valence-electron chi connectivity index (χ3n) is 4.44. The van der Waals surface area contributed by atoms with E-state index in [9.17, 15) is 14.7 Å². The summed E-state index contributed by atoms with van der Waals surface area (Å²) in [6.45, 7) is -0.0274. The van der Waals surface area contributed by atoms with Crippen molar-refractivity contribution in [3.05, 3.63) is 48.0 Å². The van der Waals surface area contributed by atoms with E-state index < -0.39 is 12.1 Å². The van der Waals surface area contributed by atoms with Crippen LogP contribution in [-0.4, -0.2) is 43.9 Å². The second-order valence-electron chi connectivity index (χ2n) is 6.07. The number of hydrogen-bond acceptors (Lipinski definition) is 5. The number of aliphatic carboxylic acids is 1. The topological polar surface area (TPSA) is 85.3 Å². The molecule has 0 unspecified atom stereocenters. The van der Waals surface area contributed by atoms with Crippen molar-refractivity contribution in [3.8, 4) is 17.2 Å². The summed E-state index contributed by atoms with van der Waals surface area (Å²) >= 11 is 0. The normalized spacial score (nSPS) is 15.5.